The molecule has 8 nitrogen and oxygen atoms in total. The lowest BCUT2D eigenvalue weighted by Crippen LogP contribution is -2.03. The molecule has 0 saturated heterocycles. The molecule has 0 rings (SSSR count). The number of carboxylic acid groups (broad SMARTS) is 4. The largest absolute Gasteiger partial charge is 0.481 e. The van der Waals surface area contributed by atoms with E-state index in [4.69, 9.17) is 20.4 Å². The number of carboxylic acids is 4. The van der Waals surface area contributed by atoms with Crippen molar-refractivity contribution in [2.75, 3.05) is 0 Å². The first-order chi connectivity index (χ1) is 6.75. The van der Waals surface area contributed by atoms with E-state index in [1.807, 2.05) is 0 Å². The second-order valence-corrected chi connectivity index (χ2v) is 1.97. The van der Waals surface area contributed by atoms with E-state index in [1.165, 1.54) is 0 Å². The van der Waals surface area contributed by atoms with Gasteiger partial charge in [-0.05, 0) is 0 Å². The highest BCUT2D eigenvalue weighted by Gasteiger charge is 2.01. The summed E-state index contributed by atoms with van der Waals surface area (Å²) in [5.74, 6) is -5.14. The first kappa shape index (κ1) is 15.1. The lowest BCUT2D eigenvalue weighted by molar-refractivity contribution is -0.147. The molecule has 0 amide bonds. The molecule has 0 fully saturated rings. The minimum atomic E-state index is -1.31. The smallest absolute Gasteiger partial charge is 0.328 e. The summed E-state index contributed by atoms with van der Waals surface area (Å²) in [6, 6.07) is 0. The van der Waals surface area contributed by atoms with E-state index < -0.39 is 30.3 Å². The third-order valence-corrected chi connectivity index (χ3v) is 0.671. The van der Waals surface area contributed by atoms with Gasteiger partial charge in [-0.15, -0.1) is 0 Å². The Morgan fingerprint density at radius 2 is 1.00 bits per heavy atom. The zero-order valence-electron chi connectivity index (χ0n) is 7.28. The van der Waals surface area contributed by atoms with Gasteiger partial charge in [0.2, 0.25) is 0 Å². The van der Waals surface area contributed by atoms with Crippen LogP contribution in [0.15, 0.2) is 12.2 Å². The van der Waals surface area contributed by atoms with Crippen molar-refractivity contribution < 1.29 is 39.6 Å². The Balaban J connectivity index is 0. The highest BCUT2D eigenvalue weighted by molar-refractivity contribution is 5.89. The minimum absolute atomic E-state index is 0.558. The van der Waals surface area contributed by atoms with Gasteiger partial charge >= 0.3 is 23.9 Å². The molecule has 0 atom stereocenters. The third kappa shape index (κ3) is 24.5. The predicted octanol–water partition coefficient (Wildman–Crippen LogP) is -0.742. The molecule has 0 saturated carbocycles. The maximum absolute atomic E-state index is 9.55. The molecule has 8 heteroatoms. The fraction of sp³-hybridized carbons (Fsp3) is 0.143. The molecule has 0 unspecified atom stereocenters. The molecule has 0 aromatic carbocycles. The highest BCUT2D eigenvalue weighted by Crippen LogP contribution is 1.74. The lowest BCUT2D eigenvalue weighted by atomic mass is 10.5. The highest BCUT2D eigenvalue weighted by atomic mass is 16.4. The Bertz CT molecular complexity index is 261. The van der Waals surface area contributed by atoms with Crippen LogP contribution in [0.1, 0.15) is 6.42 Å². The van der Waals surface area contributed by atoms with E-state index in [9.17, 15) is 19.2 Å². The number of carbonyl (C=O) groups is 4. The summed E-state index contributed by atoms with van der Waals surface area (Å²) >= 11 is 0. The van der Waals surface area contributed by atoms with Gasteiger partial charge in [-0.1, -0.05) is 0 Å². The summed E-state index contributed by atoms with van der Waals surface area (Å²) in [7, 11) is 0. The van der Waals surface area contributed by atoms with E-state index in [2.05, 4.69) is 0 Å². The Morgan fingerprint density at radius 1 is 0.733 bits per heavy atom. The van der Waals surface area contributed by atoms with E-state index >= 15 is 0 Å². The minimum Gasteiger partial charge on any atom is -0.481 e. The van der Waals surface area contributed by atoms with Crippen LogP contribution in [0.25, 0.3) is 0 Å². The molecule has 84 valence electrons. The molecule has 0 aromatic heterocycles. The zero-order chi connectivity index (χ0) is 12.4. The number of hydrogen-bond donors (Lipinski definition) is 4. The molecule has 0 bridgehead atoms. The first-order valence-electron chi connectivity index (χ1n) is 3.33. The summed E-state index contributed by atoms with van der Waals surface area (Å²) in [4.78, 5) is 38.0. The van der Waals surface area contributed by atoms with Crippen LogP contribution in [0.3, 0.4) is 0 Å². The maximum atomic E-state index is 9.55. The molecule has 0 aliphatic carbocycles. The summed E-state index contributed by atoms with van der Waals surface area (Å²) in [6.45, 7) is 0. The van der Waals surface area contributed by atoms with Crippen LogP contribution in [0, 0.1) is 0 Å². The van der Waals surface area contributed by atoms with Gasteiger partial charge in [0.1, 0.15) is 6.42 Å². The Kier molecular flexibility index (Phi) is 8.29. The Labute approximate surface area is 83.1 Å². The van der Waals surface area contributed by atoms with Crippen molar-refractivity contribution in [1.29, 1.82) is 0 Å². The average Bonchev–Trinajstić information content (AvgIpc) is 1.99. The molecular formula is C7H8O8. The third-order valence-electron chi connectivity index (χ3n) is 0.671. The molecular weight excluding hydrogens is 212 g/mol. The van der Waals surface area contributed by atoms with Crippen molar-refractivity contribution >= 4 is 23.9 Å². The summed E-state index contributed by atoms with van der Waals surface area (Å²) in [5, 5.41) is 31.0. The van der Waals surface area contributed by atoms with Crippen LogP contribution in [0.2, 0.25) is 0 Å². The van der Waals surface area contributed by atoms with Crippen molar-refractivity contribution in [2.24, 2.45) is 0 Å². The Morgan fingerprint density at radius 3 is 1.07 bits per heavy atom. The normalized spacial score (nSPS) is 8.80. The van der Waals surface area contributed by atoms with Crippen molar-refractivity contribution in [2.45, 2.75) is 6.42 Å². The van der Waals surface area contributed by atoms with Crippen LogP contribution < -0.4 is 0 Å². The molecule has 0 radical (unpaired) electrons. The monoisotopic (exact) mass is 220 g/mol. The molecule has 0 heterocycles. The maximum Gasteiger partial charge on any atom is 0.328 e. The van der Waals surface area contributed by atoms with Crippen LogP contribution in [0.5, 0.6) is 0 Å². The summed E-state index contributed by atoms with van der Waals surface area (Å²) in [5.41, 5.74) is 0. The van der Waals surface area contributed by atoms with Crippen molar-refractivity contribution in [1.82, 2.24) is 0 Å². The fourth-order valence-corrected chi connectivity index (χ4v) is 0.272. The molecule has 4 N–H and O–H groups in total. The number of hydrogen-bond acceptors (Lipinski definition) is 4. The quantitative estimate of drug-likeness (QED) is 0.357. The van der Waals surface area contributed by atoms with Crippen LogP contribution >= 0.6 is 0 Å². The Hall–Kier alpha value is -2.38. The molecule has 0 spiro atoms. The van der Waals surface area contributed by atoms with Gasteiger partial charge in [0, 0.05) is 12.2 Å². The summed E-state index contributed by atoms with van der Waals surface area (Å²) < 4.78 is 0. The zero-order valence-corrected chi connectivity index (χ0v) is 7.28. The second kappa shape index (κ2) is 8.23. The first-order valence-corrected chi connectivity index (χ1v) is 3.33. The summed E-state index contributed by atoms with van der Waals surface area (Å²) in [6.07, 6.45) is 0.310. The predicted molar refractivity (Wildman–Crippen MR) is 44.3 cm³/mol. The average molecular weight is 220 g/mol. The van der Waals surface area contributed by atoms with E-state index in [0.717, 1.165) is 0 Å². The van der Waals surface area contributed by atoms with Crippen LogP contribution in [-0.4, -0.2) is 44.3 Å². The van der Waals surface area contributed by atoms with E-state index in [0.29, 0.717) is 12.2 Å². The second-order valence-electron chi connectivity index (χ2n) is 1.97. The molecule has 0 aromatic rings. The molecule has 15 heavy (non-hydrogen) atoms. The fourth-order valence-electron chi connectivity index (χ4n) is 0.272. The van der Waals surface area contributed by atoms with E-state index in [-0.39, 0.29) is 0 Å². The van der Waals surface area contributed by atoms with Crippen molar-refractivity contribution in [3.05, 3.63) is 12.2 Å². The van der Waals surface area contributed by atoms with Gasteiger partial charge in [-0.2, -0.15) is 0 Å². The standard InChI is InChI=1S/C4H4O4.C3H4O4/c5-3(6)1-2-4(7)8;4-2(5)1-3(6)7/h1-2H,(H,5,6)(H,7,8);1H2,(H,4,5)(H,6,7). The number of aliphatic carboxylic acids is 4. The lowest BCUT2D eigenvalue weighted by Gasteiger charge is -1.80. The van der Waals surface area contributed by atoms with Gasteiger partial charge < -0.3 is 20.4 Å². The van der Waals surface area contributed by atoms with Gasteiger partial charge in [0.15, 0.2) is 0 Å². The van der Waals surface area contributed by atoms with Gasteiger partial charge in [0.05, 0.1) is 0 Å². The van der Waals surface area contributed by atoms with Gasteiger partial charge in [0.25, 0.3) is 0 Å². The van der Waals surface area contributed by atoms with Crippen LogP contribution in [-0.2, 0) is 19.2 Å². The van der Waals surface area contributed by atoms with E-state index in [1.54, 1.807) is 0 Å². The molecule has 0 aliphatic rings. The topological polar surface area (TPSA) is 149 Å². The SMILES string of the molecule is O=C(O)C=CC(=O)O.O=C(O)CC(=O)O. The van der Waals surface area contributed by atoms with Crippen molar-refractivity contribution in [3.63, 3.8) is 0 Å². The van der Waals surface area contributed by atoms with Gasteiger partial charge in [-0.25, -0.2) is 9.59 Å². The van der Waals surface area contributed by atoms with Crippen LogP contribution in [0.4, 0.5) is 0 Å². The van der Waals surface area contributed by atoms with Crippen molar-refractivity contribution in [3.8, 4) is 0 Å². The number of rotatable bonds is 4. The molecule has 0 aliphatic heterocycles. The van der Waals surface area contributed by atoms with Gasteiger partial charge in [-0.3, -0.25) is 9.59 Å².